The van der Waals surface area contributed by atoms with Crippen LogP contribution in [0.1, 0.15) is 46.0 Å². The van der Waals surface area contributed by atoms with Crippen molar-refractivity contribution in [2.75, 3.05) is 19.6 Å². The van der Waals surface area contributed by atoms with Gasteiger partial charge in [-0.1, -0.05) is 19.8 Å². The van der Waals surface area contributed by atoms with Crippen LogP contribution in [0.5, 0.6) is 0 Å². The highest BCUT2D eigenvalue weighted by atomic mass is 32.2. The van der Waals surface area contributed by atoms with Gasteiger partial charge in [-0.15, -0.1) is 0 Å². The maximum absolute atomic E-state index is 12.1. The van der Waals surface area contributed by atoms with Gasteiger partial charge in [-0.2, -0.15) is 17.4 Å². The van der Waals surface area contributed by atoms with Crippen LogP contribution in [0.25, 0.3) is 0 Å². The monoisotopic (exact) mass is 277 g/mol. The second-order valence-electron chi connectivity index (χ2n) is 5.24. The number of unbranched alkanes of at least 4 members (excludes halogenated alkanes) is 1. The van der Waals surface area contributed by atoms with Gasteiger partial charge in [0.25, 0.3) is 10.2 Å². The molecule has 1 rings (SSSR count). The molecule has 18 heavy (non-hydrogen) atoms. The molecule has 1 heterocycles. The Bertz CT molecular complexity index is 324. The normalized spacial score (nSPS) is 21.1. The molecule has 0 bridgehead atoms. The van der Waals surface area contributed by atoms with Crippen LogP contribution in [0.4, 0.5) is 0 Å². The van der Waals surface area contributed by atoms with Gasteiger partial charge in [-0.05, 0) is 38.6 Å². The second-order valence-corrected chi connectivity index (χ2v) is 6.95. The average molecular weight is 277 g/mol. The molecule has 0 radical (unpaired) electrons. The van der Waals surface area contributed by atoms with Crippen LogP contribution in [0.15, 0.2) is 0 Å². The highest BCUT2D eigenvalue weighted by Crippen LogP contribution is 2.18. The van der Waals surface area contributed by atoms with Crippen LogP contribution >= 0.6 is 0 Å². The van der Waals surface area contributed by atoms with Crippen LogP contribution in [0.2, 0.25) is 0 Å². The topological polar surface area (TPSA) is 75.4 Å². The van der Waals surface area contributed by atoms with E-state index in [9.17, 15) is 8.42 Å². The Kier molecular flexibility index (Phi) is 6.55. The third-order valence-corrected chi connectivity index (χ3v) is 5.33. The zero-order chi connectivity index (χ0) is 13.6. The highest BCUT2D eigenvalue weighted by Gasteiger charge is 2.28. The Morgan fingerprint density at radius 3 is 2.50 bits per heavy atom. The van der Waals surface area contributed by atoms with E-state index >= 15 is 0 Å². The molecule has 1 unspecified atom stereocenters. The van der Waals surface area contributed by atoms with Crippen molar-refractivity contribution in [3.05, 3.63) is 0 Å². The fraction of sp³-hybridized carbons (Fsp3) is 1.00. The Morgan fingerprint density at radius 2 is 2.00 bits per heavy atom. The SMILES string of the molecule is CCCCC(C)NS(=O)(=O)N1CCC(CN)CC1. The first-order chi connectivity index (χ1) is 8.49. The van der Waals surface area contributed by atoms with Crippen LogP contribution in [-0.4, -0.2) is 38.4 Å². The third-order valence-electron chi connectivity index (χ3n) is 3.59. The number of piperidine rings is 1. The van der Waals surface area contributed by atoms with Gasteiger partial charge in [0.05, 0.1) is 0 Å². The minimum atomic E-state index is -3.30. The number of hydrogen-bond donors (Lipinski definition) is 2. The van der Waals surface area contributed by atoms with Gasteiger partial charge >= 0.3 is 0 Å². The van der Waals surface area contributed by atoms with Crippen molar-refractivity contribution >= 4 is 10.2 Å². The maximum Gasteiger partial charge on any atom is 0.279 e. The van der Waals surface area contributed by atoms with Gasteiger partial charge in [0.2, 0.25) is 0 Å². The molecule has 1 saturated heterocycles. The summed E-state index contributed by atoms with van der Waals surface area (Å²) in [4.78, 5) is 0. The molecule has 0 aromatic rings. The van der Waals surface area contributed by atoms with Crippen molar-refractivity contribution in [1.29, 1.82) is 0 Å². The van der Waals surface area contributed by atoms with E-state index in [1.807, 2.05) is 6.92 Å². The highest BCUT2D eigenvalue weighted by molar-refractivity contribution is 7.87. The lowest BCUT2D eigenvalue weighted by Crippen LogP contribution is -2.48. The molecule has 0 spiro atoms. The van der Waals surface area contributed by atoms with Crippen molar-refractivity contribution in [3.63, 3.8) is 0 Å². The largest absolute Gasteiger partial charge is 0.330 e. The molecule has 0 saturated carbocycles. The molecule has 6 heteroatoms. The lowest BCUT2D eigenvalue weighted by atomic mass is 9.99. The van der Waals surface area contributed by atoms with Crippen molar-refractivity contribution in [2.45, 2.75) is 52.0 Å². The smallest absolute Gasteiger partial charge is 0.279 e. The number of nitrogens with two attached hydrogens (primary N) is 1. The number of nitrogens with one attached hydrogen (secondary N) is 1. The molecule has 0 amide bonds. The zero-order valence-electron chi connectivity index (χ0n) is 11.6. The lowest BCUT2D eigenvalue weighted by molar-refractivity contribution is 0.274. The van der Waals surface area contributed by atoms with Gasteiger partial charge in [0, 0.05) is 19.1 Å². The van der Waals surface area contributed by atoms with Gasteiger partial charge in [0.15, 0.2) is 0 Å². The number of hydrogen-bond acceptors (Lipinski definition) is 3. The van der Waals surface area contributed by atoms with Gasteiger partial charge in [-0.25, -0.2) is 0 Å². The van der Waals surface area contributed by atoms with E-state index in [0.717, 1.165) is 32.1 Å². The van der Waals surface area contributed by atoms with Gasteiger partial charge < -0.3 is 5.73 Å². The van der Waals surface area contributed by atoms with Crippen LogP contribution < -0.4 is 10.5 Å². The first-order valence-corrected chi connectivity index (χ1v) is 8.41. The number of rotatable bonds is 7. The summed E-state index contributed by atoms with van der Waals surface area (Å²) in [5, 5.41) is 0. The van der Waals surface area contributed by atoms with E-state index in [-0.39, 0.29) is 6.04 Å². The molecule has 108 valence electrons. The molecule has 0 aromatic heterocycles. The lowest BCUT2D eigenvalue weighted by Gasteiger charge is -2.31. The maximum atomic E-state index is 12.1. The number of nitrogens with zero attached hydrogens (tertiary/aromatic N) is 1. The fourth-order valence-electron chi connectivity index (χ4n) is 2.28. The van der Waals surface area contributed by atoms with Crippen LogP contribution in [0.3, 0.4) is 0 Å². The minimum Gasteiger partial charge on any atom is -0.330 e. The Hall–Kier alpha value is -0.170. The molecule has 1 aliphatic heterocycles. The van der Waals surface area contributed by atoms with Crippen LogP contribution in [-0.2, 0) is 10.2 Å². The van der Waals surface area contributed by atoms with E-state index in [1.165, 1.54) is 0 Å². The molecule has 0 aliphatic carbocycles. The van der Waals surface area contributed by atoms with Crippen molar-refractivity contribution < 1.29 is 8.42 Å². The van der Waals surface area contributed by atoms with E-state index in [2.05, 4.69) is 11.6 Å². The molecule has 5 nitrogen and oxygen atoms in total. The summed E-state index contributed by atoms with van der Waals surface area (Å²) in [6.07, 6.45) is 4.80. The minimum absolute atomic E-state index is 0.0159. The summed E-state index contributed by atoms with van der Waals surface area (Å²) >= 11 is 0. The molecule has 1 atom stereocenters. The van der Waals surface area contributed by atoms with Crippen molar-refractivity contribution in [3.8, 4) is 0 Å². The Morgan fingerprint density at radius 1 is 1.39 bits per heavy atom. The molecule has 1 fully saturated rings. The average Bonchev–Trinajstić information content (AvgIpc) is 2.36. The van der Waals surface area contributed by atoms with E-state index in [4.69, 9.17) is 5.73 Å². The van der Waals surface area contributed by atoms with Gasteiger partial charge in [-0.3, -0.25) is 0 Å². The van der Waals surface area contributed by atoms with E-state index in [0.29, 0.717) is 25.6 Å². The first-order valence-electron chi connectivity index (χ1n) is 6.97. The van der Waals surface area contributed by atoms with E-state index in [1.54, 1.807) is 4.31 Å². The summed E-state index contributed by atoms with van der Waals surface area (Å²) in [5.41, 5.74) is 5.61. The summed E-state index contributed by atoms with van der Waals surface area (Å²) in [6, 6.07) is 0.0159. The quantitative estimate of drug-likeness (QED) is 0.731. The Balaban J connectivity index is 2.44. The third kappa shape index (κ3) is 4.84. The molecular formula is C12H27N3O2S. The molecule has 3 N–H and O–H groups in total. The molecule has 0 aromatic carbocycles. The summed E-state index contributed by atoms with van der Waals surface area (Å²) in [6.45, 7) is 5.89. The standard InChI is InChI=1S/C12H27N3O2S/c1-3-4-5-11(2)14-18(16,17)15-8-6-12(10-13)7-9-15/h11-12,14H,3-10,13H2,1-2H3. The van der Waals surface area contributed by atoms with Crippen molar-refractivity contribution in [1.82, 2.24) is 9.03 Å². The predicted molar refractivity (Wildman–Crippen MR) is 74.4 cm³/mol. The van der Waals surface area contributed by atoms with Gasteiger partial charge in [0.1, 0.15) is 0 Å². The van der Waals surface area contributed by atoms with Crippen molar-refractivity contribution in [2.24, 2.45) is 11.7 Å². The molecule has 1 aliphatic rings. The summed E-state index contributed by atoms with van der Waals surface area (Å²) in [5.74, 6) is 0.481. The fourth-order valence-corrected chi connectivity index (χ4v) is 3.75. The second kappa shape index (κ2) is 7.43. The van der Waals surface area contributed by atoms with E-state index < -0.39 is 10.2 Å². The van der Waals surface area contributed by atoms with Crippen LogP contribution in [0, 0.1) is 5.92 Å². The summed E-state index contributed by atoms with van der Waals surface area (Å²) in [7, 11) is -3.30. The predicted octanol–water partition coefficient (Wildman–Crippen LogP) is 1.07. The Labute approximate surface area is 111 Å². The first kappa shape index (κ1) is 15.9. The summed E-state index contributed by atoms with van der Waals surface area (Å²) < 4.78 is 28.6. The zero-order valence-corrected chi connectivity index (χ0v) is 12.4. The molecular weight excluding hydrogens is 250 g/mol.